The minimum absolute atomic E-state index is 0.0268. The van der Waals surface area contributed by atoms with Crippen molar-refractivity contribution in [3.8, 4) is 11.6 Å². The molecular formula is C15H12N2O2. The number of benzene rings is 1. The van der Waals surface area contributed by atoms with Gasteiger partial charge in [0.05, 0.1) is 7.11 Å². The maximum absolute atomic E-state index is 11.9. The zero-order valence-corrected chi connectivity index (χ0v) is 10.4. The fraction of sp³-hybridized carbons (Fsp3) is 0.0667. The summed E-state index contributed by atoms with van der Waals surface area (Å²) in [5, 5.41) is 0.618. The third-order valence-corrected chi connectivity index (χ3v) is 3.00. The molecule has 3 aromatic rings. The summed E-state index contributed by atoms with van der Waals surface area (Å²) in [4.78, 5) is 16.3. The van der Waals surface area contributed by atoms with E-state index >= 15 is 0 Å². The van der Waals surface area contributed by atoms with Crippen molar-refractivity contribution >= 4 is 10.9 Å². The standard InChI is InChI=1S/C15H12N2O2/c1-19-13-6-4-5-11-12(18)8-10-17(15(11)13)14-7-2-3-9-16-14/h2-10H,1H3. The minimum atomic E-state index is -0.0268. The van der Waals surface area contributed by atoms with E-state index < -0.39 is 0 Å². The highest BCUT2D eigenvalue weighted by Gasteiger charge is 2.09. The first-order valence-electron chi connectivity index (χ1n) is 5.91. The molecule has 0 saturated carbocycles. The Morgan fingerprint density at radius 1 is 1.11 bits per heavy atom. The number of aromatic nitrogens is 2. The van der Waals surface area contributed by atoms with Gasteiger partial charge in [-0.05, 0) is 24.3 Å². The quantitative estimate of drug-likeness (QED) is 0.703. The Hall–Kier alpha value is -2.62. The summed E-state index contributed by atoms with van der Waals surface area (Å²) in [7, 11) is 1.59. The van der Waals surface area contributed by atoms with Crippen LogP contribution in [0.1, 0.15) is 0 Å². The van der Waals surface area contributed by atoms with Crippen LogP contribution >= 0.6 is 0 Å². The molecule has 1 aromatic carbocycles. The summed E-state index contributed by atoms with van der Waals surface area (Å²) in [6, 6.07) is 12.6. The van der Waals surface area contributed by atoms with Crippen LogP contribution in [0.5, 0.6) is 5.75 Å². The van der Waals surface area contributed by atoms with Gasteiger partial charge in [-0.25, -0.2) is 4.98 Å². The maximum Gasteiger partial charge on any atom is 0.189 e. The summed E-state index contributed by atoms with van der Waals surface area (Å²) in [5.74, 6) is 1.40. The summed E-state index contributed by atoms with van der Waals surface area (Å²) < 4.78 is 7.21. The second kappa shape index (κ2) is 4.57. The summed E-state index contributed by atoms with van der Waals surface area (Å²) in [5.41, 5.74) is 0.706. The number of methoxy groups -OCH3 is 1. The van der Waals surface area contributed by atoms with E-state index in [0.717, 1.165) is 11.3 Å². The number of hydrogen-bond donors (Lipinski definition) is 0. The molecule has 0 aliphatic rings. The maximum atomic E-state index is 11.9. The second-order valence-corrected chi connectivity index (χ2v) is 4.09. The fourth-order valence-electron chi connectivity index (χ4n) is 2.13. The van der Waals surface area contributed by atoms with Crippen molar-refractivity contribution in [1.29, 1.82) is 0 Å². The Morgan fingerprint density at radius 3 is 2.74 bits per heavy atom. The van der Waals surface area contributed by atoms with Crippen LogP contribution in [0.2, 0.25) is 0 Å². The van der Waals surface area contributed by atoms with E-state index in [2.05, 4.69) is 4.98 Å². The Morgan fingerprint density at radius 2 is 2.00 bits per heavy atom. The van der Waals surface area contributed by atoms with Crippen molar-refractivity contribution in [3.63, 3.8) is 0 Å². The number of nitrogens with zero attached hydrogens (tertiary/aromatic N) is 2. The molecule has 0 unspecified atom stereocenters. The normalized spacial score (nSPS) is 10.6. The van der Waals surface area contributed by atoms with Crippen molar-refractivity contribution in [1.82, 2.24) is 9.55 Å². The zero-order valence-electron chi connectivity index (χ0n) is 10.4. The van der Waals surface area contributed by atoms with Gasteiger partial charge in [-0.2, -0.15) is 0 Å². The van der Waals surface area contributed by atoms with Gasteiger partial charge in [0.1, 0.15) is 17.1 Å². The van der Waals surface area contributed by atoms with Gasteiger partial charge in [0, 0.05) is 23.8 Å². The van der Waals surface area contributed by atoms with Gasteiger partial charge in [0.2, 0.25) is 0 Å². The Balaban J connectivity index is 2.44. The molecule has 0 atom stereocenters. The van der Waals surface area contributed by atoms with Crippen LogP contribution in [0.4, 0.5) is 0 Å². The number of hydrogen-bond acceptors (Lipinski definition) is 3. The van der Waals surface area contributed by atoms with E-state index in [4.69, 9.17) is 4.74 Å². The molecule has 0 spiro atoms. The van der Waals surface area contributed by atoms with Gasteiger partial charge < -0.3 is 4.74 Å². The van der Waals surface area contributed by atoms with E-state index in [0.29, 0.717) is 11.1 Å². The molecule has 2 heterocycles. The second-order valence-electron chi connectivity index (χ2n) is 4.09. The van der Waals surface area contributed by atoms with E-state index in [1.807, 2.05) is 34.9 Å². The van der Waals surface area contributed by atoms with E-state index in [-0.39, 0.29) is 5.43 Å². The summed E-state index contributed by atoms with van der Waals surface area (Å²) in [6.07, 6.45) is 3.43. The van der Waals surface area contributed by atoms with Gasteiger partial charge in [0.15, 0.2) is 5.43 Å². The Labute approximate surface area is 109 Å². The number of ether oxygens (including phenoxy) is 1. The molecule has 0 fully saturated rings. The number of pyridine rings is 2. The van der Waals surface area contributed by atoms with Crippen LogP contribution in [0, 0.1) is 0 Å². The topological polar surface area (TPSA) is 44.1 Å². The van der Waals surface area contributed by atoms with Gasteiger partial charge >= 0.3 is 0 Å². The molecular weight excluding hydrogens is 240 g/mol. The lowest BCUT2D eigenvalue weighted by atomic mass is 10.2. The summed E-state index contributed by atoms with van der Waals surface area (Å²) >= 11 is 0. The highest BCUT2D eigenvalue weighted by molar-refractivity contribution is 5.86. The van der Waals surface area contributed by atoms with Crippen molar-refractivity contribution < 1.29 is 4.74 Å². The molecule has 4 nitrogen and oxygen atoms in total. The average molecular weight is 252 g/mol. The molecule has 0 amide bonds. The molecule has 19 heavy (non-hydrogen) atoms. The molecule has 0 aliphatic carbocycles. The van der Waals surface area contributed by atoms with Gasteiger partial charge in [-0.1, -0.05) is 12.1 Å². The molecule has 0 aliphatic heterocycles. The molecule has 0 saturated heterocycles. The van der Waals surface area contributed by atoms with E-state index in [1.165, 1.54) is 6.07 Å². The lowest BCUT2D eigenvalue weighted by molar-refractivity contribution is 0.418. The number of rotatable bonds is 2. The first kappa shape index (κ1) is 11.5. The van der Waals surface area contributed by atoms with Crippen molar-refractivity contribution in [3.05, 3.63) is 65.1 Å². The van der Waals surface area contributed by atoms with Gasteiger partial charge in [-0.15, -0.1) is 0 Å². The van der Waals surface area contributed by atoms with Crippen LogP contribution in [0.25, 0.3) is 16.7 Å². The molecule has 0 bridgehead atoms. The van der Waals surface area contributed by atoms with Gasteiger partial charge in [-0.3, -0.25) is 9.36 Å². The molecule has 0 radical (unpaired) electrons. The zero-order chi connectivity index (χ0) is 13.2. The Kier molecular flexibility index (Phi) is 2.76. The largest absolute Gasteiger partial charge is 0.495 e. The average Bonchev–Trinajstić information content (AvgIpc) is 2.48. The third kappa shape index (κ3) is 1.87. The van der Waals surface area contributed by atoms with Crippen LogP contribution in [-0.4, -0.2) is 16.7 Å². The molecule has 2 aromatic heterocycles. The monoisotopic (exact) mass is 252 g/mol. The van der Waals surface area contributed by atoms with Gasteiger partial charge in [0.25, 0.3) is 0 Å². The number of para-hydroxylation sites is 1. The van der Waals surface area contributed by atoms with E-state index in [1.54, 1.807) is 25.6 Å². The van der Waals surface area contributed by atoms with Crippen LogP contribution in [-0.2, 0) is 0 Å². The van der Waals surface area contributed by atoms with Crippen molar-refractivity contribution in [2.75, 3.05) is 7.11 Å². The highest BCUT2D eigenvalue weighted by atomic mass is 16.5. The molecule has 4 heteroatoms. The summed E-state index contributed by atoms with van der Waals surface area (Å²) in [6.45, 7) is 0. The van der Waals surface area contributed by atoms with Crippen molar-refractivity contribution in [2.24, 2.45) is 0 Å². The Bertz CT molecular complexity index is 779. The predicted molar refractivity (Wildman–Crippen MR) is 73.9 cm³/mol. The van der Waals surface area contributed by atoms with E-state index in [9.17, 15) is 4.79 Å². The lowest BCUT2D eigenvalue weighted by Gasteiger charge is -2.12. The first-order valence-corrected chi connectivity index (χ1v) is 5.91. The SMILES string of the molecule is COc1cccc2c(=O)ccn(-c3ccccn3)c12. The predicted octanol–water partition coefficient (Wildman–Crippen LogP) is 2.39. The molecule has 94 valence electrons. The fourth-order valence-corrected chi connectivity index (χ4v) is 2.13. The van der Waals surface area contributed by atoms with Crippen LogP contribution < -0.4 is 10.2 Å². The molecule has 3 rings (SSSR count). The van der Waals surface area contributed by atoms with Crippen molar-refractivity contribution in [2.45, 2.75) is 0 Å². The minimum Gasteiger partial charge on any atom is -0.495 e. The highest BCUT2D eigenvalue weighted by Crippen LogP contribution is 2.24. The smallest absolute Gasteiger partial charge is 0.189 e. The first-order chi connectivity index (χ1) is 9.31. The lowest BCUT2D eigenvalue weighted by Crippen LogP contribution is -2.08. The third-order valence-electron chi connectivity index (χ3n) is 3.00. The number of fused-ring (bicyclic) bond motifs is 1. The van der Waals surface area contributed by atoms with Crippen LogP contribution in [0.3, 0.4) is 0 Å². The molecule has 0 N–H and O–H groups in total. The van der Waals surface area contributed by atoms with Crippen LogP contribution in [0.15, 0.2) is 59.7 Å².